The predicted octanol–water partition coefficient (Wildman–Crippen LogP) is 13.0. The summed E-state index contributed by atoms with van der Waals surface area (Å²) in [5.74, 6) is -0.237. The SMILES string of the molecule is CCCCCCc1csc(-c2cc(CCCCCC)c([B]c3ccc(C4=C5C(=O)N(C)C(c6ccc(-c7cc8c(s7)-c7sc(C)cc7C8(C)C)s6)=C5C(=O)N4C)s3)s2)c1. The van der Waals surface area contributed by atoms with Crippen molar-refractivity contribution in [2.24, 2.45) is 0 Å². The first-order chi connectivity index (χ1) is 28.5. The third-order valence-electron chi connectivity index (χ3n) is 12.1. The highest BCUT2D eigenvalue weighted by Gasteiger charge is 2.47. The van der Waals surface area contributed by atoms with Crippen molar-refractivity contribution in [3.8, 4) is 29.3 Å². The second kappa shape index (κ2) is 16.5. The van der Waals surface area contributed by atoms with Crippen molar-refractivity contribution in [2.75, 3.05) is 14.1 Å². The molecule has 59 heavy (non-hydrogen) atoms. The predicted molar refractivity (Wildman–Crippen MR) is 260 cm³/mol. The molecule has 0 atom stereocenters. The number of unbranched alkanes of at least 4 members (excludes halogenated alkanes) is 6. The molecule has 6 aromatic rings. The maximum atomic E-state index is 14.2. The first kappa shape index (κ1) is 41.1. The maximum absolute atomic E-state index is 14.2. The molecule has 2 aliphatic heterocycles. The van der Waals surface area contributed by atoms with Crippen LogP contribution in [0.4, 0.5) is 0 Å². The number of fused-ring (bicyclic) bond motifs is 4. The second-order valence-electron chi connectivity index (χ2n) is 16.7. The molecule has 0 bridgehead atoms. The van der Waals surface area contributed by atoms with E-state index in [1.54, 1.807) is 32.5 Å². The largest absolute Gasteiger partial charge is 0.309 e. The molecule has 1 radical (unpaired) electrons. The topological polar surface area (TPSA) is 40.6 Å². The van der Waals surface area contributed by atoms with Gasteiger partial charge in [0.2, 0.25) is 7.28 Å². The minimum absolute atomic E-state index is 0.0196. The van der Waals surface area contributed by atoms with Crippen LogP contribution in [0.15, 0.2) is 65.1 Å². The van der Waals surface area contributed by atoms with E-state index in [2.05, 4.69) is 95.8 Å². The summed E-state index contributed by atoms with van der Waals surface area (Å²) in [6.45, 7) is 11.4. The summed E-state index contributed by atoms with van der Waals surface area (Å²) in [4.78, 5) is 42.9. The lowest BCUT2D eigenvalue weighted by Crippen LogP contribution is -2.25. The molecular formula is C48H50BN2O2S6. The molecule has 2 amide bonds. The standard InChI is InChI=1S/C48H50BN2O2S6/c1-8-10-12-14-16-28-23-35(54-26-28)36-24-29(17-15-13-11-9-2)45(59-36)49-38-21-20-34(57-38)42-40-39(46(52)51(42)7)41(50(6)47(40)53)33-19-18-32(56-33)37-25-31-44(58-37)43-30(48(31,4)5)22-27(3)55-43/h18-26H,8-17H2,1-7H3. The van der Waals surface area contributed by atoms with Gasteiger partial charge in [-0.3, -0.25) is 9.59 Å². The lowest BCUT2D eigenvalue weighted by atomic mass is 9.73. The Labute approximate surface area is 374 Å². The zero-order chi connectivity index (χ0) is 41.2. The van der Waals surface area contributed by atoms with Crippen molar-refractivity contribution in [1.29, 1.82) is 0 Å². The van der Waals surface area contributed by atoms with Crippen molar-refractivity contribution in [1.82, 2.24) is 9.80 Å². The minimum atomic E-state index is -0.119. The highest BCUT2D eigenvalue weighted by molar-refractivity contribution is 7.32. The van der Waals surface area contributed by atoms with Gasteiger partial charge in [0, 0.05) is 53.7 Å². The van der Waals surface area contributed by atoms with Crippen molar-refractivity contribution in [3.05, 3.63) is 102 Å². The molecule has 11 heteroatoms. The fourth-order valence-corrected chi connectivity index (χ4v) is 16.0. The van der Waals surface area contributed by atoms with E-state index < -0.39 is 0 Å². The number of thiophene rings is 6. The monoisotopic (exact) mass is 889 g/mol. The van der Waals surface area contributed by atoms with Crippen LogP contribution in [0, 0.1) is 6.92 Å². The average Bonchev–Trinajstić information content (AvgIpc) is 4.07. The molecule has 0 saturated heterocycles. The molecule has 4 nitrogen and oxygen atoms in total. The molecular weight excluding hydrogens is 840 g/mol. The summed E-state index contributed by atoms with van der Waals surface area (Å²) < 4.78 is 2.45. The number of hydrogen-bond acceptors (Lipinski definition) is 8. The lowest BCUT2D eigenvalue weighted by molar-refractivity contribution is -0.123. The molecule has 303 valence electrons. The number of hydrogen-bond donors (Lipinski definition) is 0. The van der Waals surface area contributed by atoms with Gasteiger partial charge in [0.1, 0.15) is 0 Å². The Morgan fingerprint density at radius 3 is 1.93 bits per heavy atom. The minimum Gasteiger partial charge on any atom is -0.309 e. The van der Waals surface area contributed by atoms with Crippen molar-refractivity contribution < 1.29 is 9.59 Å². The third kappa shape index (κ3) is 7.35. The zero-order valence-electron chi connectivity index (χ0n) is 35.0. The van der Waals surface area contributed by atoms with Gasteiger partial charge in [0.25, 0.3) is 11.8 Å². The van der Waals surface area contributed by atoms with Crippen LogP contribution in [-0.2, 0) is 27.8 Å². The van der Waals surface area contributed by atoms with Crippen LogP contribution < -0.4 is 9.55 Å². The lowest BCUT2D eigenvalue weighted by Gasteiger charge is -2.19. The van der Waals surface area contributed by atoms with E-state index in [1.807, 2.05) is 59.4 Å². The van der Waals surface area contributed by atoms with Crippen LogP contribution in [0.3, 0.4) is 0 Å². The average molecular weight is 890 g/mol. The quantitative estimate of drug-likeness (QED) is 0.0717. The maximum Gasteiger partial charge on any atom is 0.261 e. The van der Waals surface area contributed by atoms with Gasteiger partial charge in [-0.25, -0.2) is 0 Å². The number of carbonyl (C=O) groups is 2. The first-order valence-corrected chi connectivity index (χ1v) is 26.0. The van der Waals surface area contributed by atoms with E-state index in [4.69, 9.17) is 0 Å². The molecule has 0 spiro atoms. The molecule has 9 rings (SSSR count). The van der Waals surface area contributed by atoms with E-state index in [0.717, 1.165) is 32.2 Å². The molecule has 0 N–H and O–H groups in total. The van der Waals surface area contributed by atoms with Crippen molar-refractivity contribution in [2.45, 2.75) is 104 Å². The van der Waals surface area contributed by atoms with E-state index in [0.29, 0.717) is 22.5 Å². The summed E-state index contributed by atoms with van der Waals surface area (Å²) in [6.07, 6.45) is 12.3. The summed E-state index contributed by atoms with van der Waals surface area (Å²) in [6, 6.07) is 18.1. The molecule has 1 aliphatic carbocycles. The van der Waals surface area contributed by atoms with E-state index in [1.165, 1.54) is 108 Å². The van der Waals surface area contributed by atoms with Crippen LogP contribution >= 0.6 is 68.0 Å². The highest BCUT2D eigenvalue weighted by atomic mass is 32.1. The van der Waals surface area contributed by atoms with Crippen LogP contribution in [0.1, 0.15) is 116 Å². The van der Waals surface area contributed by atoms with Crippen molar-refractivity contribution >= 4 is 108 Å². The Hall–Kier alpha value is -3.32. The Morgan fingerprint density at radius 2 is 1.22 bits per heavy atom. The third-order valence-corrected chi connectivity index (χ3v) is 19.1. The van der Waals surface area contributed by atoms with Gasteiger partial charge in [0.05, 0.1) is 32.3 Å². The number of amides is 2. The molecule has 3 aliphatic rings. The number of carbonyl (C=O) groups excluding carboxylic acids is 2. The fourth-order valence-electron chi connectivity index (χ4n) is 8.84. The van der Waals surface area contributed by atoms with Crippen molar-refractivity contribution in [3.63, 3.8) is 0 Å². The summed E-state index contributed by atoms with van der Waals surface area (Å²) in [7, 11) is 5.97. The number of aryl methyl sites for hydroxylation is 3. The fraction of sp³-hybridized carbons (Fsp3) is 0.375. The van der Waals surface area contributed by atoms with Gasteiger partial charge in [-0.15, -0.1) is 68.0 Å². The van der Waals surface area contributed by atoms with Crippen LogP contribution in [0.25, 0.3) is 40.7 Å². The normalized spacial score (nSPS) is 15.7. The van der Waals surface area contributed by atoms with Gasteiger partial charge < -0.3 is 9.80 Å². The van der Waals surface area contributed by atoms with Gasteiger partial charge in [-0.2, -0.15) is 0 Å². The Morgan fingerprint density at radius 1 is 0.610 bits per heavy atom. The smallest absolute Gasteiger partial charge is 0.261 e. The second-order valence-corrected chi connectivity index (χ2v) is 23.2. The number of nitrogens with zero attached hydrogens (tertiary/aromatic N) is 2. The van der Waals surface area contributed by atoms with Crippen LogP contribution in [0.5, 0.6) is 0 Å². The molecule has 0 unspecified atom stereocenters. The van der Waals surface area contributed by atoms with Gasteiger partial charge in [-0.1, -0.05) is 72.3 Å². The van der Waals surface area contributed by atoms with E-state index in [9.17, 15) is 9.59 Å². The first-order valence-electron chi connectivity index (χ1n) is 21.0. The molecule has 0 fully saturated rings. The zero-order valence-corrected chi connectivity index (χ0v) is 39.9. The highest BCUT2D eigenvalue weighted by Crippen LogP contribution is 2.57. The summed E-state index contributed by atoms with van der Waals surface area (Å²) in [5, 5.41) is 2.36. The molecule has 8 heterocycles. The molecule has 0 saturated carbocycles. The Kier molecular flexibility index (Phi) is 11.5. The van der Waals surface area contributed by atoms with E-state index >= 15 is 0 Å². The van der Waals surface area contributed by atoms with Crippen LogP contribution in [0.2, 0.25) is 0 Å². The van der Waals surface area contributed by atoms with Gasteiger partial charge >= 0.3 is 0 Å². The van der Waals surface area contributed by atoms with Crippen LogP contribution in [-0.4, -0.2) is 43.0 Å². The number of likely N-dealkylation sites (N-methyl/N-ethyl adjacent to an activating group) is 2. The summed E-state index contributed by atoms with van der Waals surface area (Å²) >= 11 is 10.9. The Balaban J connectivity index is 0.994. The van der Waals surface area contributed by atoms with E-state index in [-0.39, 0.29) is 17.2 Å². The molecule has 6 aromatic heterocycles. The van der Waals surface area contributed by atoms with Gasteiger partial charge in [-0.05, 0) is 112 Å². The van der Waals surface area contributed by atoms with Gasteiger partial charge in [0.15, 0.2) is 0 Å². The molecule has 0 aromatic carbocycles. The number of rotatable bonds is 16. The summed E-state index contributed by atoms with van der Waals surface area (Å²) in [5.41, 5.74) is 8.17. The Bertz CT molecular complexity index is 2650.